The molecular formula is C16H19NO4. The Kier molecular flexibility index (Phi) is 5.18. The first-order valence-corrected chi connectivity index (χ1v) is 6.98. The van der Waals surface area contributed by atoms with Crippen LogP contribution in [0.1, 0.15) is 30.7 Å². The highest BCUT2D eigenvalue weighted by atomic mass is 16.5. The van der Waals surface area contributed by atoms with Crippen LogP contribution in [-0.4, -0.2) is 32.7 Å². The van der Waals surface area contributed by atoms with Gasteiger partial charge in [0.2, 0.25) is 0 Å². The van der Waals surface area contributed by atoms with E-state index >= 15 is 0 Å². The molecule has 1 heterocycles. The van der Waals surface area contributed by atoms with E-state index in [1.165, 1.54) is 7.11 Å². The Labute approximate surface area is 124 Å². The van der Waals surface area contributed by atoms with Crippen LogP contribution in [0.2, 0.25) is 0 Å². The summed E-state index contributed by atoms with van der Waals surface area (Å²) in [4.78, 5) is 12.5. The highest BCUT2D eigenvalue weighted by molar-refractivity contribution is 5.92. The zero-order valence-corrected chi connectivity index (χ0v) is 12.3. The molecule has 2 unspecified atom stereocenters. The van der Waals surface area contributed by atoms with Gasteiger partial charge in [0.15, 0.2) is 17.3 Å². The molecule has 112 valence electrons. The first-order valence-electron chi connectivity index (χ1n) is 6.98. The molecule has 1 aliphatic heterocycles. The van der Waals surface area contributed by atoms with Crippen molar-refractivity contribution in [2.75, 3.05) is 20.8 Å². The number of rotatable bonds is 5. The number of ketones is 1. The molecule has 1 fully saturated rings. The van der Waals surface area contributed by atoms with Gasteiger partial charge in [0, 0.05) is 6.61 Å². The van der Waals surface area contributed by atoms with E-state index in [4.69, 9.17) is 14.2 Å². The van der Waals surface area contributed by atoms with Crippen molar-refractivity contribution in [3.8, 4) is 17.6 Å². The Hall–Kier alpha value is -2.06. The fourth-order valence-electron chi connectivity index (χ4n) is 2.49. The van der Waals surface area contributed by atoms with E-state index in [-0.39, 0.29) is 5.78 Å². The van der Waals surface area contributed by atoms with Crippen molar-refractivity contribution in [3.05, 3.63) is 23.8 Å². The summed E-state index contributed by atoms with van der Waals surface area (Å²) in [5, 5.41) is 9.37. The molecule has 21 heavy (non-hydrogen) atoms. The van der Waals surface area contributed by atoms with Crippen molar-refractivity contribution in [1.82, 2.24) is 0 Å². The van der Waals surface area contributed by atoms with Crippen LogP contribution in [0.3, 0.4) is 0 Å². The molecule has 0 radical (unpaired) electrons. The molecule has 1 aromatic carbocycles. The van der Waals surface area contributed by atoms with E-state index < -0.39 is 12.0 Å². The van der Waals surface area contributed by atoms with Gasteiger partial charge in [-0.2, -0.15) is 5.26 Å². The third-order valence-electron chi connectivity index (χ3n) is 3.65. The second-order valence-corrected chi connectivity index (χ2v) is 4.93. The lowest BCUT2D eigenvalue weighted by molar-refractivity contribution is -0.133. The molecule has 0 aromatic heterocycles. The zero-order chi connectivity index (χ0) is 15.2. The standard InChI is InChI=1S/C16H19NO4/c1-19-13-7-6-11(9-15(13)20-2)12(10-17)16(18)14-5-3-4-8-21-14/h6-7,9,12,14H,3-5,8H2,1-2H3. The van der Waals surface area contributed by atoms with Crippen LogP contribution in [-0.2, 0) is 9.53 Å². The van der Waals surface area contributed by atoms with Gasteiger partial charge in [0.25, 0.3) is 0 Å². The number of hydrogen-bond acceptors (Lipinski definition) is 5. The first kappa shape index (κ1) is 15.3. The smallest absolute Gasteiger partial charge is 0.183 e. The molecule has 0 spiro atoms. The van der Waals surface area contributed by atoms with E-state index in [9.17, 15) is 10.1 Å². The minimum absolute atomic E-state index is 0.176. The van der Waals surface area contributed by atoms with Crippen LogP contribution in [0.25, 0.3) is 0 Å². The Balaban J connectivity index is 2.24. The molecule has 5 nitrogen and oxygen atoms in total. The molecule has 1 saturated heterocycles. The van der Waals surface area contributed by atoms with Gasteiger partial charge in [-0.25, -0.2) is 0 Å². The summed E-state index contributed by atoms with van der Waals surface area (Å²) in [6.45, 7) is 0.584. The number of methoxy groups -OCH3 is 2. The SMILES string of the molecule is COc1ccc(C(C#N)C(=O)C2CCCCO2)cc1OC. The molecule has 1 aliphatic rings. The number of hydrogen-bond donors (Lipinski definition) is 0. The monoisotopic (exact) mass is 289 g/mol. The average molecular weight is 289 g/mol. The molecule has 0 bridgehead atoms. The van der Waals surface area contributed by atoms with E-state index in [1.54, 1.807) is 25.3 Å². The van der Waals surface area contributed by atoms with Crippen LogP contribution in [0.4, 0.5) is 0 Å². The van der Waals surface area contributed by atoms with Crippen LogP contribution in [0.15, 0.2) is 18.2 Å². The van der Waals surface area contributed by atoms with Crippen molar-refractivity contribution in [2.45, 2.75) is 31.3 Å². The number of carbonyl (C=O) groups excluding carboxylic acids is 1. The molecule has 2 atom stereocenters. The summed E-state index contributed by atoms with van der Waals surface area (Å²) in [5.74, 6) is 0.0595. The van der Waals surface area contributed by atoms with Gasteiger partial charge >= 0.3 is 0 Å². The average Bonchev–Trinajstić information content (AvgIpc) is 2.56. The lowest BCUT2D eigenvalue weighted by atomic mass is 9.90. The lowest BCUT2D eigenvalue weighted by Gasteiger charge is -2.23. The molecule has 1 aromatic rings. The van der Waals surface area contributed by atoms with Crippen molar-refractivity contribution < 1.29 is 19.0 Å². The molecule has 2 rings (SSSR count). The molecule has 5 heteroatoms. The predicted octanol–water partition coefficient (Wildman–Crippen LogP) is 2.45. The van der Waals surface area contributed by atoms with Crippen LogP contribution >= 0.6 is 0 Å². The van der Waals surface area contributed by atoms with Gasteiger partial charge in [-0.15, -0.1) is 0 Å². The van der Waals surface area contributed by atoms with Gasteiger partial charge in [-0.1, -0.05) is 6.07 Å². The first-order chi connectivity index (χ1) is 10.2. The van der Waals surface area contributed by atoms with E-state index in [0.717, 1.165) is 12.8 Å². The maximum atomic E-state index is 12.5. The van der Waals surface area contributed by atoms with Crippen LogP contribution < -0.4 is 9.47 Å². The Bertz CT molecular complexity index is 544. The number of Topliss-reactive ketones (excluding diaryl/α,β-unsaturated/α-hetero) is 1. The summed E-state index contributed by atoms with van der Waals surface area (Å²) in [6.07, 6.45) is 2.14. The second-order valence-electron chi connectivity index (χ2n) is 4.93. The van der Waals surface area contributed by atoms with Gasteiger partial charge in [-0.05, 0) is 37.0 Å². The van der Waals surface area contributed by atoms with E-state index in [2.05, 4.69) is 6.07 Å². The fraction of sp³-hybridized carbons (Fsp3) is 0.500. The quantitative estimate of drug-likeness (QED) is 0.832. The minimum atomic E-state index is -0.840. The Morgan fingerprint density at radius 3 is 2.67 bits per heavy atom. The fourth-order valence-corrected chi connectivity index (χ4v) is 2.49. The number of nitriles is 1. The minimum Gasteiger partial charge on any atom is -0.493 e. The van der Waals surface area contributed by atoms with E-state index in [1.807, 2.05) is 0 Å². The molecule has 0 amide bonds. The van der Waals surface area contributed by atoms with Gasteiger partial charge in [0.05, 0.1) is 20.3 Å². The zero-order valence-electron chi connectivity index (χ0n) is 12.3. The summed E-state index contributed by atoms with van der Waals surface area (Å²) in [5.41, 5.74) is 0.606. The third kappa shape index (κ3) is 3.34. The summed E-state index contributed by atoms with van der Waals surface area (Å²) in [7, 11) is 3.06. The normalized spacial score (nSPS) is 19.4. The maximum absolute atomic E-state index is 12.5. The summed E-state index contributed by atoms with van der Waals surface area (Å²) in [6, 6.07) is 7.17. The highest BCUT2D eigenvalue weighted by Crippen LogP contribution is 2.32. The van der Waals surface area contributed by atoms with Crippen molar-refractivity contribution in [3.63, 3.8) is 0 Å². The molecule has 0 N–H and O–H groups in total. The van der Waals surface area contributed by atoms with Crippen molar-refractivity contribution in [1.29, 1.82) is 5.26 Å². The Morgan fingerprint density at radius 1 is 1.33 bits per heavy atom. The number of nitrogens with zero attached hydrogens (tertiary/aromatic N) is 1. The number of carbonyl (C=O) groups is 1. The van der Waals surface area contributed by atoms with Crippen LogP contribution in [0, 0.1) is 11.3 Å². The van der Waals surface area contributed by atoms with Gasteiger partial charge in [-0.3, -0.25) is 4.79 Å². The molecule has 0 aliphatic carbocycles. The predicted molar refractivity (Wildman–Crippen MR) is 76.5 cm³/mol. The summed E-state index contributed by atoms with van der Waals surface area (Å²) < 4.78 is 15.9. The van der Waals surface area contributed by atoms with Gasteiger partial charge < -0.3 is 14.2 Å². The van der Waals surface area contributed by atoms with Crippen molar-refractivity contribution in [2.24, 2.45) is 0 Å². The number of ether oxygens (including phenoxy) is 3. The third-order valence-corrected chi connectivity index (χ3v) is 3.65. The molecular weight excluding hydrogens is 270 g/mol. The largest absolute Gasteiger partial charge is 0.493 e. The highest BCUT2D eigenvalue weighted by Gasteiger charge is 2.30. The lowest BCUT2D eigenvalue weighted by Crippen LogP contribution is -2.32. The van der Waals surface area contributed by atoms with Crippen molar-refractivity contribution >= 4 is 5.78 Å². The summed E-state index contributed by atoms with van der Waals surface area (Å²) >= 11 is 0. The van der Waals surface area contributed by atoms with E-state index in [0.29, 0.717) is 30.1 Å². The topological polar surface area (TPSA) is 68.5 Å². The Morgan fingerprint density at radius 2 is 2.10 bits per heavy atom. The molecule has 0 saturated carbocycles. The maximum Gasteiger partial charge on any atom is 0.183 e. The van der Waals surface area contributed by atoms with Crippen LogP contribution in [0.5, 0.6) is 11.5 Å². The number of benzene rings is 1. The second kappa shape index (κ2) is 7.09. The van der Waals surface area contributed by atoms with Gasteiger partial charge in [0.1, 0.15) is 12.0 Å².